The second-order valence-corrected chi connectivity index (χ2v) is 4.51. The van der Waals surface area contributed by atoms with Gasteiger partial charge in [-0.25, -0.2) is 0 Å². The van der Waals surface area contributed by atoms with Crippen LogP contribution in [0.4, 0.5) is 0 Å². The zero-order valence-electron chi connectivity index (χ0n) is 6.58. The van der Waals surface area contributed by atoms with Gasteiger partial charge in [0.15, 0.2) is 11.0 Å². The Kier molecular flexibility index (Phi) is 1.87. The van der Waals surface area contributed by atoms with E-state index >= 15 is 0 Å². The third kappa shape index (κ3) is 1.34. The Morgan fingerprint density at radius 2 is 1.54 bits per heavy atom. The summed E-state index contributed by atoms with van der Waals surface area (Å²) in [6.07, 6.45) is 2.70. The summed E-state index contributed by atoms with van der Waals surface area (Å²) in [5.74, 6) is 0. The van der Waals surface area contributed by atoms with E-state index in [1.165, 1.54) is 24.7 Å². The van der Waals surface area contributed by atoms with Gasteiger partial charge in [0.1, 0.15) is 0 Å². The van der Waals surface area contributed by atoms with Gasteiger partial charge in [-0.2, -0.15) is 0 Å². The Bertz CT molecular complexity index is 377. The van der Waals surface area contributed by atoms with Crippen molar-refractivity contribution >= 4 is 18.4 Å². The van der Waals surface area contributed by atoms with Crippen molar-refractivity contribution in [2.45, 2.75) is 0 Å². The Labute approximate surface area is 74.2 Å². The van der Waals surface area contributed by atoms with Crippen LogP contribution in [-0.4, -0.2) is 4.89 Å². The van der Waals surface area contributed by atoms with Crippen LogP contribution in [0.2, 0.25) is 0 Å². The van der Waals surface area contributed by atoms with E-state index in [0.717, 1.165) is 0 Å². The summed E-state index contributed by atoms with van der Waals surface area (Å²) >= 11 is 0. The molecule has 5 heteroatoms. The highest BCUT2D eigenvalue weighted by molar-refractivity contribution is 7.72. The summed E-state index contributed by atoms with van der Waals surface area (Å²) in [7, 11) is -3.64. The molecule has 0 aromatic carbocycles. The van der Waals surface area contributed by atoms with Crippen molar-refractivity contribution in [2.75, 3.05) is 0 Å². The van der Waals surface area contributed by atoms with Gasteiger partial charge in [0.05, 0.1) is 12.5 Å². The van der Waals surface area contributed by atoms with Crippen LogP contribution in [0.15, 0.2) is 45.6 Å². The van der Waals surface area contributed by atoms with Crippen LogP contribution in [0.25, 0.3) is 0 Å². The Hall–Kier alpha value is -1.25. The number of rotatable bonds is 2. The summed E-state index contributed by atoms with van der Waals surface area (Å²) in [6.45, 7) is 0. The van der Waals surface area contributed by atoms with Crippen LogP contribution in [-0.2, 0) is 4.57 Å². The Morgan fingerprint density at radius 1 is 1.08 bits per heavy atom. The zero-order valence-corrected chi connectivity index (χ0v) is 7.48. The van der Waals surface area contributed by atoms with Crippen LogP contribution >= 0.6 is 7.37 Å². The minimum atomic E-state index is -3.64. The second-order valence-electron chi connectivity index (χ2n) is 2.48. The number of hydrogen-bond donors (Lipinski definition) is 1. The molecule has 2 rings (SSSR count). The summed E-state index contributed by atoms with van der Waals surface area (Å²) in [4.78, 5) is 9.60. The fourth-order valence-electron chi connectivity index (χ4n) is 0.993. The second kappa shape index (κ2) is 2.91. The van der Waals surface area contributed by atoms with E-state index in [-0.39, 0.29) is 11.0 Å². The van der Waals surface area contributed by atoms with E-state index in [0.29, 0.717) is 0 Å². The molecule has 2 aromatic heterocycles. The lowest BCUT2D eigenvalue weighted by Gasteiger charge is -2.03. The summed E-state index contributed by atoms with van der Waals surface area (Å²) in [5, 5.41) is 0. The van der Waals surface area contributed by atoms with Crippen LogP contribution in [0.1, 0.15) is 0 Å². The topological polar surface area (TPSA) is 63.6 Å². The molecule has 0 fully saturated rings. The minimum absolute atomic E-state index is 0.0300. The van der Waals surface area contributed by atoms with E-state index in [1.807, 2.05) is 0 Å². The molecule has 13 heavy (non-hydrogen) atoms. The quantitative estimate of drug-likeness (QED) is 0.733. The molecule has 0 aliphatic carbocycles. The average molecular weight is 198 g/mol. The zero-order chi connectivity index (χ0) is 9.31. The van der Waals surface area contributed by atoms with Crippen molar-refractivity contribution in [2.24, 2.45) is 0 Å². The van der Waals surface area contributed by atoms with Crippen LogP contribution in [0.5, 0.6) is 0 Å². The molecule has 0 amide bonds. The van der Waals surface area contributed by atoms with E-state index in [1.54, 1.807) is 12.1 Å². The molecule has 0 aliphatic heterocycles. The van der Waals surface area contributed by atoms with Gasteiger partial charge in [-0.15, -0.1) is 0 Å². The smallest absolute Gasteiger partial charge is 0.327 e. The standard InChI is InChI=1S/C8H7O4P/c9-13(10,7-3-1-5-11-7)8-4-2-6-12-8/h1-6H,(H,9,10). The monoisotopic (exact) mass is 198 g/mol. The Morgan fingerprint density at radius 3 is 1.85 bits per heavy atom. The maximum atomic E-state index is 11.7. The molecule has 0 saturated carbocycles. The summed E-state index contributed by atoms with van der Waals surface area (Å²) < 4.78 is 21.4. The molecule has 0 radical (unpaired) electrons. The van der Waals surface area contributed by atoms with Crippen molar-refractivity contribution in [1.82, 2.24) is 0 Å². The van der Waals surface area contributed by atoms with Crippen molar-refractivity contribution in [1.29, 1.82) is 0 Å². The predicted octanol–water partition coefficient (Wildman–Crippen LogP) is 1.09. The molecular weight excluding hydrogens is 191 g/mol. The fourth-order valence-corrected chi connectivity index (χ4v) is 2.19. The number of furan rings is 2. The molecule has 0 unspecified atom stereocenters. The van der Waals surface area contributed by atoms with E-state index in [2.05, 4.69) is 0 Å². The van der Waals surface area contributed by atoms with E-state index < -0.39 is 7.37 Å². The van der Waals surface area contributed by atoms with Crippen molar-refractivity contribution < 1.29 is 18.3 Å². The fraction of sp³-hybridized carbons (Fsp3) is 0. The Balaban J connectivity index is 2.49. The predicted molar refractivity (Wildman–Crippen MR) is 46.5 cm³/mol. The largest absolute Gasteiger partial charge is 0.459 e. The van der Waals surface area contributed by atoms with Gasteiger partial charge in [-0.1, -0.05) is 0 Å². The molecule has 0 spiro atoms. The summed E-state index contributed by atoms with van der Waals surface area (Å²) in [6, 6.07) is 6.01. The highest BCUT2D eigenvalue weighted by Gasteiger charge is 2.30. The first-order valence-corrected chi connectivity index (χ1v) is 5.28. The molecule has 0 aliphatic rings. The van der Waals surface area contributed by atoms with Gasteiger partial charge in [-0.05, 0) is 24.3 Å². The van der Waals surface area contributed by atoms with E-state index in [9.17, 15) is 9.46 Å². The van der Waals surface area contributed by atoms with Gasteiger partial charge < -0.3 is 13.7 Å². The molecule has 1 N–H and O–H groups in total. The van der Waals surface area contributed by atoms with Gasteiger partial charge >= 0.3 is 7.37 Å². The van der Waals surface area contributed by atoms with Crippen molar-refractivity contribution in [3.63, 3.8) is 0 Å². The first-order valence-electron chi connectivity index (χ1n) is 3.62. The molecule has 0 atom stereocenters. The average Bonchev–Trinajstić information content (AvgIpc) is 2.78. The van der Waals surface area contributed by atoms with Gasteiger partial charge in [-0.3, -0.25) is 4.57 Å². The molecular formula is C8H7O4P. The highest BCUT2D eigenvalue weighted by atomic mass is 31.2. The SMILES string of the molecule is O=P(O)(c1ccco1)c1ccco1. The molecule has 0 saturated heterocycles. The molecule has 2 heterocycles. The van der Waals surface area contributed by atoms with Gasteiger partial charge in [0.2, 0.25) is 0 Å². The van der Waals surface area contributed by atoms with Crippen molar-refractivity contribution in [3.8, 4) is 0 Å². The van der Waals surface area contributed by atoms with Gasteiger partial charge in [0.25, 0.3) is 0 Å². The van der Waals surface area contributed by atoms with Crippen LogP contribution in [0, 0.1) is 0 Å². The lowest BCUT2D eigenvalue weighted by Crippen LogP contribution is -2.11. The molecule has 2 aromatic rings. The first-order chi connectivity index (χ1) is 6.21. The van der Waals surface area contributed by atoms with Crippen molar-refractivity contribution in [3.05, 3.63) is 36.8 Å². The minimum Gasteiger partial charge on any atom is -0.459 e. The molecule has 4 nitrogen and oxygen atoms in total. The first kappa shape index (κ1) is 8.35. The van der Waals surface area contributed by atoms with Gasteiger partial charge in [0, 0.05) is 0 Å². The normalized spacial score (nSPS) is 11.8. The molecule has 68 valence electrons. The van der Waals surface area contributed by atoms with Crippen LogP contribution in [0.3, 0.4) is 0 Å². The lowest BCUT2D eigenvalue weighted by atomic mass is 10.7. The third-order valence-corrected chi connectivity index (χ3v) is 3.31. The lowest BCUT2D eigenvalue weighted by molar-refractivity contribution is 0.471. The maximum absolute atomic E-state index is 11.7. The maximum Gasteiger partial charge on any atom is 0.327 e. The van der Waals surface area contributed by atoms with Crippen LogP contribution < -0.4 is 11.0 Å². The molecule has 0 bridgehead atoms. The van der Waals surface area contributed by atoms with E-state index in [4.69, 9.17) is 8.83 Å². The highest BCUT2D eigenvalue weighted by Crippen LogP contribution is 2.38. The third-order valence-electron chi connectivity index (χ3n) is 1.61. The summed E-state index contributed by atoms with van der Waals surface area (Å²) in [5.41, 5.74) is 0.0601. The number of hydrogen-bond acceptors (Lipinski definition) is 3.